The van der Waals surface area contributed by atoms with Crippen LogP contribution < -0.4 is 4.90 Å². The molecule has 34 heavy (non-hydrogen) atoms. The van der Waals surface area contributed by atoms with Crippen molar-refractivity contribution in [1.82, 2.24) is 4.90 Å². The molecule has 4 rings (SSSR count). The summed E-state index contributed by atoms with van der Waals surface area (Å²) >= 11 is 0. The number of piperidine rings is 1. The van der Waals surface area contributed by atoms with Crippen LogP contribution in [-0.4, -0.2) is 63.9 Å². The molecular weight excluding hydrogens is 447 g/mol. The maximum absolute atomic E-state index is 13.4. The number of alkyl halides is 3. The maximum Gasteiger partial charge on any atom is 0.417 e. The SMILES string of the molecule is COCCOCC1CN(C(=O)C2(C)CC2)CC12CCN(c1ccc(C#N)c(C(F)(F)F)c1)CC2. The van der Waals surface area contributed by atoms with Crippen molar-refractivity contribution in [2.75, 3.05) is 58.0 Å². The Hall–Kier alpha value is -2.31. The predicted molar refractivity (Wildman–Crippen MR) is 120 cm³/mol. The molecule has 3 aliphatic rings. The van der Waals surface area contributed by atoms with E-state index in [4.69, 9.17) is 14.7 Å². The second-order valence-corrected chi connectivity index (χ2v) is 10.2. The van der Waals surface area contributed by atoms with Crippen LogP contribution in [0, 0.1) is 28.1 Å². The van der Waals surface area contributed by atoms with E-state index in [1.165, 1.54) is 6.07 Å². The van der Waals surface area contributed by atoms with Crippen molar-refractivity contribution in [2.24, 2.45) is 16.7 Å². The third-order valence-corrected chi connectivity index (χ3v) is 7.92. The molecule has 9 heteroatoms. The first-order chi connectivity index (χ1) is 16.1. The van der Waals surface area contributed by atoms with Gasteiger partial charge < -0.3 is 19.3 Å². The van der Waals surface area contributed by atoms with E-state index in [0.29, 0.717) is 51.7 Å². The van der Waals surface area contributed by atoms with E-state index in [1.807, 2.05) is 16.7 Å². The van der Waals surface area contributed by atoms with Gasteiger partial charge in [0, 0.05) is 50.3 Å². The maximum atomic E-state index is 13.4. The van der Waals surface area contributed by atoms with Gasteiger partial charge in [0.15, 0.2) is 0 Å². The molecule has 1 aromatic rings. The van der Waals surface area contributed by atoms with Crippen LogP contribution in [0.3, 0.4) is 0 Å². The normalized spacial score (nSPS) is 23.2. The third kappa shape index (κ3) is 4.89. The Kier molecular flexibility index (Phi) is 6.85. The molecule has 2 aliphatic heterocycles. The zero-order valence-electron chi connectivity index (χ0n) is 19.8. The number of rotatable bonds is 7. The Morgan fingerprint density at radius 3 is 2.50 bits per heavy atom. The fraction of sp³-hybridized carbons (Fsp3) is 0.680. The first kappa shape index (κ1) is 24.8. The van der Waals surface area contributed by atoms with Crippen molar-refractivity contribution in [3.05, 3.63) is 29.3 Å². The van der Waals surface area contributed by atoms with Gasteiger partial charge in [-0.05, 0) is 49.3 Å². The van der Waals surface area contributed by atoms with E-state index >= 15 is 0 Å². The van der Waals surface area contributed by atoms with Gasteiger partial charge in [0.1, 0.15) is 0 Å². The highest BCUT2D eigenvalue weighted by Crippen LogP contribution is 2.51. The average Bonchev–Trinajstić information content (AvgIpc) is 3.48. The molecule has 0 aromatic heterocycles. The molecule has 0 N–H and O–H groups in total. The van der Waals surface area contributed by atoms with Crippen LogP contribution in [0.5, 0.6) is 0 Å². The number of ether oxygens (including phenoxy) is 2. The Balaban J connectivity index is 1.48. The molecule has 6 nitrogen and oxygen atoms in total. The first-order valence-corrected chi connectivity index (χ1v) is 11.8. The quantitative estimate of drug-likeness (QED) is 0.552. The Bertz CT molecular complexity index is 947. The second kappa shape index (κ2) is 9.38. The van der Waals surface area contributed by atoms with E-state index in [1.54, 1.807) is 19.2 Å². The summed E-state index contributed by atoms with van der Waals surface area (Å²) in [5.41, 5.74) is -1.12. The van der Waals surface area contributed by atoms with Crippen LogP contribution in [-0.2, 0) is 20.4 Å². The van der Waals surface area contributed by atoms with Crippen LogP contribution >= 0.6 is 0 Å². The number of likely N-dealkylation sites (tertiary alicyclic amines) is 1. The lowest BCUT2D eigenvalue weighted by Crippen LogP contribution is -2.46. The van der Waals surface area contributed by atoms with E-state index in [9.17, 15) is 18.0 Å². The van der Waals surface area contributed by atoms with Gasteiger partial charge in [-0.1, -0.05) is 6.92 Å². The summed E-state index contributed by atoms with van der Waals surface area (Å²) in [6, 6.07) is 5.57. The minimum atomic E-state index is -4.58. The summed E-state index contributed by atoms with van der Waals surface area (Å²) in [7, 11) is 1.63. The zero-order chi connectivity index (χ0) is 24.6. The molecule has 0 bridgehead atoms. The molecule has 3 fully saturated rings. The summed E-state index contributed by atoms with van der Waals surface area (Å²) in [4.78, 5) is 17.0. The van der Waals surface area contributed by atoms with E-state index < -0.39 is 11.7 Å². The van der Waals surface area contributed by atoms with Crippen molar-refractivity contribution in [3.63, 3.8) is 0 Å². The number of methoxy groups -OCH3 is 1. The third-order valence-electron chi connectivity index (χ3n) is 7.92. The molecule has 1 aliphatic carbocycles. The molecule has 1 aromatic carbocycles. The minimum Gasteiger partial charge on any atom is -0.382 e. The molecule has 2 saturated heterocycles. The predicted octanol–water partition coefficient (Wildman–Crippen LogP) is 4.09. The highest BCUT2D eigenvalue weighted by atomic mass is 19.4. The van der Waals surface area contributed by atoms with Crippen LogP contribution in [0.15, 0.2) is 18.2 Å². The summed E-state index contributed by atoms with van der Waals surface area (Å²) in [6.45, 7) is 6.09. The molecule has 1 atom stereocenters. The van der Waals surface area contributed by atoms with E-state index in [0.717, 1.165) is 31.7 Å². The van der Waals surface area contributed by atoms with E-state index in [-0.39, 0.29) is 28.2 Å². The number of benzene rings is 1. The number of amides is 1. The Morgan fingerprint density at radius 2 is 1.91 bits per heavy atom. The summed E-state index contributed by atoms with van der Waals surface area (Å²) in [6.07, 6.45) is -1.18. The minimum absolute atomic E-state index is 0.107. The molecular formula is C25H32F3N3O3. The largest absolute Gasteiger partial charge is 0.417 e. The second-order valence-electron chi connectivity index (χ2n) is 10.2. The smallest absolute Gasteiger partial charge is 0.382 e. The van der Waals surface area contributed by atoms with Gasteiger partial charge in [0.25, 0.3) is 0 Å². The molecule has 2 heterocycles. The van der Waals surface area contributed by atoms with Gasteiger partial charge in [-0.2, -0.15) is 18.4 Å². The van der Waals surface area contributed by atoms with Crippen molar-refractivity contribution >= 4 is 11.6 Å². The number of hydrogen-bond donors (Lipinski definition) is 0. The number of carbonyl (C=O) groups excluding carboxylic acids is 1. The Morgan fingerprint density at radius 1 is 1.21 bits per heavy atom. The van der Waals surface area contributed by atoms with Gasteiger partial charge in [0.05, 0.1) is 37.0 Å². The van der Waals surface area contributed by atoms with Crippen molar-refractivity contribution in [1.29, 1.82) is 5.26 Å². The van der Waals surface area contributed by atoms with E-state index in [2.05, 4.69) is 0 Å². The van der Waals surface area contributed by atoms with Crippen LogP contribution in [0.25, 0.3) is 0 Å². The van der Waals surface area contributed by atoms with Gasteiger partial charge in [0.2, 0.25) is 5.91 Å². The number of nitrogens with zero attached hydrogens (tertiary/aromatic N) is 3. The standard InChI is InChI=1S/C25H32F3N3O3/c1-23(5-6-23)22(32)31-15-19(16-34-12-11-33-2)24(17-31)7-9-30(10-8-24)20-4-3-18(14-29)21(13-20)25(26,27)28/h3-4,13,19H,5-12,15-17H2,1-2H3. The van der Waals surface area contributed by atoms with Gasteiger partial charge >= 0.3 is 6.18 Å². The summed E-state index contributed by atoms with van der Waals surface area (Å²) in [5.74, 6) is 0.403. The van der Waals surface area contributed by atoms with Gasteiger partial charge in [-0.3, -0.25) is 4.79 Å². The molecule has 1 unspecified atom stereocenters. The average molecular weight is 480 g/mol. The first-order valence-electron chi connectivity index (χ1n) is 11.8. The molecule has 1 amide bonds. The van der Waals surface area contributed by atoms with Crippen LogP contribution in [0.2, 0.25) is 0 Å². The number of halogens is 3. The topological polar surface area (TPSA) is 65.8 Å². The zero-order valence-corrected chi connectivity index (χ0v) is 19.8. The molecule has 1 saturated carbocycles. The van der Waals surface area contributed by atoms with Crippen LogP contribution in [0.4, 0.5) is 18.9 Å². The number of hydrogen-bond acceptors (Lipinski definition) is 5. The summed E-state index contributed by atoms with van der Waals surface area (Å²) in [5, 5.41) is 9.07. The number of carbonyl (C=O) groups is 1. The summed E-state index contributed by atoms with van der Waals surface area (Å²) < 4.78 is 51.3. The lowest BCUT2D eigenvalue weighted by atomic mass is 9.71. The highest BCUT2D eigenvalue weighted by molar-refractivity contribution is 5.85. The van der Waals surface area contributed by atoms with Crippen molar-refractivity contribution < 1.29 is 27.4 Å². The monoisotopic (exact) mass is 479 g/mol. The lowest BCUT2D eigenvalue weighted by Gasteiger charge is -2.43. The van der Waals surface area contributed by atoms with Crippen LogP contribution in [0.1, 0.15) is 43.7 Å². The fourth-order valence-electron chi connectivity index (χ4n) is 5.41. The number of nitriles is 1. The molecule has 1 spiro atoms. The number of anilines is 1. The van der Waals surface area contributed by atoms with Crippen molar-refractivity contribution in [3.8, 4) is 6.07 Å². The van der Waals surface area contributed by atoms with Gasteiger partial charge in [-0.25, -0.2) is 0 Å². The molecule has 0 radical (unpaired) electrons. The van der Waals surface area contributed by atoms with Crippen molar-refractivity contribution in [2.45, 2.75) is 38.8 Å². The molecule has 186 valence electrons. The van der Waals surface area contributed by atoms with Gasteiger partial charge in [-0.15, -0.1) is 0 Å². The lowest BCUT2D eigenvalue weighted by molar-refractivity contribution is -0.138. The highest BCUT2D eigenvalue weighted by Gasteiger charge is 2.54. The fourth-order valence-corrected chi connectivity index (χ4v) is 5.41. The Labute approximate surface area is 198 Å².